The van der Waals surface area contributed by atoms with Crippen molar-refractivity contribution < 1.29 is 9.18 Å². The fraction of sp³-hybridized carbons (Fsp3) is 0.240. The first-order valence-corrected chi connectivity index (χ1v) is 10.9. The molecule has 1 unspecified atom stereocenters. The minimum absolute atomic E-state index is 0.0232. The van der Waals surface area contributed by atoms with Gasteiger partial charge in [-0.2, -0.15) is 0 Å². The van der Waals surface area contributed by atoms with Gasteiger partial charge in [-0.15, -0.1) is 0 Å². The number of aromatic nitrogens is 3. The highest BCUT2D eigenvalue weighted by Gasteiger charge is 2.28. The highest BCUT2D eigenvalue weighted by Crippen LogP contribution is 2.30. The van der Waals surface area contributed by atoms with Crippen molar-refractivity contribution in [2.75, 3.05) is 11.4 Å². The molecular weight excluding hydrogens is 427 g/mol. The lowest BCUT2D eigenvalue weighted by Gasteiger charge is -2.27. The van der Waals surface area contributed by atoms with Crippen LogP contribution < -0.4 is 4.90 Å². The number of amides is 1. The van der Waals surface area contributed by atoms with Crippen LogP contribution in [0.2, 0.25) is 5.02 Å². The van der Waals surface area contributed by atoms with Crippen molar-refractivity contribution in [1.82, 2.24) is 15.0 Å². The van der Waals surface area contributed by atoms with Crippen molar-refractivity contribution in [3.05, 3.63) is 89.1 Å². The molecule has 0 radical (unpaired) electrons. The van der Waals surface area contributed by atoms with Crippen LogP contribution >= 0.6 is 11.6 Å². The molecule has 164 valence electrons. The Kier molecular flexibility index (Phi) is 6.51. The van der Waals surface area contributed by atoms with Crippen molar-refractivity contribution >= 4 is 34.4 Å². The number of hydrogen-bond donors (Lipinski definition) is 1. The van der Waals surface area contributed by atoms with Crippen LogP contribution in [0.25, 0.3) is 10.9 Å². The van der Waals surface area contributed by atoms with Crippen molar-refractivity contribution in [2.45, 2.75) is 26.2 Å². The van der Waals surface area contributed by atoms with E-state index in [4.69, 9.17) is 11.6 Å². The first-order valence-electron chi connectivity index (χ1n) is 10.5. The minimum atomic E-state index is -0.447. The maximum absolute atomic E-state index is 14.6. The standard InChI is InChI=1S/C25H24ClFN4O/c1-16(2)13-18(17-7-9-19(26)10-8-17)15-31(25-28-11-4-12-29-25)24(32)20-14-30-22-6-3-5-21(27)23(20)22/h3-12,14,16,18,30H,13,15H2,1-2H3. The molecule has 0 saturated heterocycles. The van der Waals surface area contributed by atoms with Crippen LogP contribution in [0.15, 0.2) is 67.1 Å². The second kappa shape index (κ2) is 9.49. The summed E-state index contributed by atoms with van der Waals surface area (Å²) in [4.78, 5) is 26.9. The van der Waals surface area contributed by atoms with Crippen LogP contribution in [0, 0.1) is 11.7 Å². The Morgan fingerprint density at radius 3 is 2.50 bits per heavy atom. The summed E-state index contributed by atoms with van der Waals surface area (Å²) in [6.07, 6.45) is 5.59. The van der Waals surface area contributed by atoms with Crippen LogP contribution in [0.4, 0.5) is 10.3 Å². The van der Waals surface area contributed by atoms with Crippen molar-refractivity contribution in [2.24, 2.45) is 5.92 Å². The van der Waals surface area contributed by atoms with E-state index in [-0.39, 0.29) is 28.7 Å². The van der Waals surface area contributed by atoms with Gasteiger partial charge in [-0.1, -0.05) is 43.6 Å². The topological polar surface area (TPSA) is 61.9 Å². The number of aromatic amines is 1. The largest absolute Gasteiger partial charge is 0.360 e. The lowest BCUT2D eigenvalue weighted by molar-refractivity contribution is 0.0984. The van der Waals surface area contributed by atoms with Gasteiger partial charge < -0.3 is 4.98 Å². The predicted molar refractivity (Wildman–Crippen MR) is 126 cm³/mol. The molecule has 1 amide bonds. The molecule has 32 heavy (non-hydrogen) atoms. The van der Waals surface area contributed by atoms with Crippen LogP contribution in [0.3, 0.4) is 0 Å². The van der Waals surface area contributed by atoms with E-state index in [1.54, 1.807) is 36.8 Å². The summed E-state index contributed by atoms with van der Waals surface area (Å²) < 4.78 is 14.6. The molecule has 0 bridgehead atoms. The van der Waals surface area contributed by atoms with Gasteiger partial charge in [0.2, 0.25) is 5.95 Å². The Balaban J connectivity index is 1.76. The van der Waals surface area contributed by atoms with E-state index in [9.17, 15) is 9.18 Å². The molecule has 2 aromatic carbocycles. The van der Waals surface area contributed by atoms with Crippen LogP contribution in [-0.4, -0.2) is 27.4 Å². The summed E-state index contributed by atoms with van der Waals surface area (Å²) in [6, 6.07) is 14.1. The third kappa shape index (κ3) is 4.65. The maximum atomic E-state index is 14.6. The first-order chi connectivity index (χ1) is 15.4. The number of rotatable bonds is 7. The van der Waals surface area contributed by atoms with E-state index in [2.05, 4.69) is 28.8 Å². The van der Waals surface area contributed by atoms with E-state index in [1.807, 2.05) is 24.3 Å². The number of anilines is 1. The molecule has 2 aromatic heterocycles. The molecule has 1 N–H and O–H groups in total. The zero-order valence-electron chi connectivity index (χ0n) is 17.9. The third-order valence-electron chi connectivity index (χ3n) is 5.42. The minimum Gasteiger partial charge on any atom is -0.360 e. The molecular formula is C25H24ClFN4O. The van der Waals surface area contributed by atoms with Gasteiger partial charge in [0.1, 0.15) is 5.82 Å². The molecule has 0 saturated carbocycles. The highest BCUT2D eigenvalue weighted by atomic mass is 35.5. The zero-order chi connectivity index (χ0) is 22.7. The summed E-state index contributed by atoms with van der Waals surface area (Å²) in [5, 5.41) is 0.927. The van der Waals surface area contributed by atoms with Crippen LogP contribution in [-0.2, 0) is 0 Å². The zero-order valence-corrected chi connectivity index (χ0v) is 18.7. The number of hydrogen-bond acceptors (Lipinski definition) is 3. The van der Waals surface area contributed by atoms with Crippen molar-refractivity contribution in [3.8, 4) is 0 Å². The number of fused-ring (bicyclic) bond motifs is 1. The Morgan fingerprint density at radius 1 is 1.09 bits per heavy atom. The summed E-state index contributed by atoms with van der Waals surface area (Å²) in [6.45, 7) is 4.63. The molecule has 0 aliphatic heterocycles. The monoisotopic (exact) mass is 450 g/mol. The van der Waals surface area contributed by atoms with Gasteiger partial charge in [-0.25, -0.2) is 14.4 Å². The molecule has 0 aliphatic carbocycles. The number of nitrogens with zero attached hydrogens (tertiary/aromatic N) is 3. The van der Waals surface area contributed by atoms with Gasteiger partial charge in [0.25, 0.3) is 5.91 Å². The van der Waals surface area contributed by atoms with Crippen LogP contribution in [0.1, 0.15) is 42.1 Å². The SMILES string of the molecule is CC(C)CC(CN(C(=O)c1c[nH]c2cccc(F)c12)c1ncccn1)c1ccc(Cl)cc1. The molecule has 0 fully saturated rings. The van der Waals surface area contributed by atoms with Gasteiger partial charge in [-0.05, 0) is 48.2 Å². The Labute approximate surface area is 191 Å². The number of carbonyl (C=O) groups is 1. The number of nitrogens with one attached hydrogen (secondary N) is 1. The van der Waals surface area contributed by atoms with E-state index >= 15 is 0 Å². The van der Waals surface area contributed by atoms with Gasteiger partial charge in [0, 0.05) is 47.0 Å². The smallest absolute Gasteiger partial charge is 0.262 e. The number of carbonyl (C=O) groups excluding carboxylic acids is 1. The Morgan fingerprint density at radius 2 is 1.81 bits per heavy atom. The molecule has 2 heterocycles. The summed E-state index contributed by atoms with van der Waals surface area (Å²) in [7, 11) is 0. The van der Waals surface area contributed by atoms with Crippen molar-refractivity contribution in [1.29, 1.82) is 0 Å². The van der Waals surface area contributed by atoms with Gasteiger partial charge in [0.15, 0.2) is 0 Å². The van der Waals surface area contributed by atoms with Gasteiger partial charge in [0.05, 0.1) is 5.56 Å². The fourth-order valence-electron chi connectivity index (χ4n) is 3.98. The molecule has 0 aliphatic rings. The fourth-order valence-corrected chi connectivity index (χ4v) is 4.11. The summed E-state index contributed by atoms with van der Waals surface area (Å²) in [5.74, 6) is -0.0939. The van der Waals surface area contributed by atoms with E-state index in [1.165, 1.54) is 11.0 Å². The normalized spacial score (nSPS) is 12.3. The summed E-state index contributed by atoms with van der Waals surface area (Å²) >= 11 is 6.09. The molecule has 4 rings (SSSR count). The molecule has 5 nitrogen and oxygen atoms in total. The predicted octanol–water partition coefficient (Wildman–Crippen LogP) is 6.23. The number of benzene rings is 2. The second-order valence-corrected chi connectivity index (χ2v) is 8.64. The van der Waals surface area contributed by atoms with E-state index in [0.29, 0.717) is 23.0 Å². The first kappa shape index (κ1) is 22.0. The van der Waals surface area contributed by atoms with Gasteiger partial charge >= 0.3 is 0 Å². The maximum Gasteiger partial charge on any atom is 0.262 e. The van der Waals surface area contributed by atoms with Crippen molar-refractivity contribution in [3.63, 3.8) is 0 Å². The highest BCUT2D eigenvalue weighted by molar-refractivity contribution is 6.30. The lowest BCUT2D eigenvalue weighted by Crippen LogP contribution is -2.36. The number of H-pyrrole nitrogens is 1. The average molecular weight is 451 g/mol. The van der Waals surface area contributed by atoms with Crippen LogP contribution in [0.5, 0.6) is 0 Å². The summed E-state index contributed by atoms with van der Waals surface area (Å²) in [5.41, 5.74) is 1.89. The van der Waals surface area contributed by atoms with Gasteiger partial charge in [-0.3, -0.25) is 9.69 Å². The molecule has 7 heteroatoms. The molecule has 1 atom stereocenters. The Hall–Kier alpha value is -3.25. The third-order valence-corrected chi connectivity index (χ3v) is 5.68. The average Bonchev–Trinajstić information content (AvgIpc) is 3.23. The molecule has 4 aromatic rings. The van der Waals surface area contributed by atoms with E-state index < -0.39 is 5.82 Å². The lowest BCUT2D eigenvalue weighted by atomic mass is 9.89. The Bertz CT molecular complexity index is 1210. The quantitative estimate of drug-likeness (QED) is 0.363. The van der Waals surface area contributed by atoms with E-state index in [0.717, 1.165) is 12.0 Å². The second-order valence-electron chi connectivity index (χ2n) is 8.21. The molecule has 0 spiro atoms. The number of halogens is 2.